The van der Waals surface area contributed by atoms with E-state index in [4.69, 9.17) is 4.74 Å². The number of aldehydes is 1. The second-order valence-electron chi connectivity index (χ2n) is 3.54. The Kier molecular flexibility index (Phi) is 4.71. The maximum Gasteiger partial charge on any atom is 0.150 e. The van der Waals surface area contributed by atoms with Gasteiger partial charge in [0.2, 0.25) is 0 Å². The Hall–Kier alpha value is -0.950. The van der Waals surface area contributed by atoms with E-state index in [2.05, 4.69) is 43.5 Å². The number of pyridine rings is 1. The molecule has 0 radical (unpaired) electrons. The topological polar surface area (TPSA) is 39.2 Å². The lowest BCUT2D eigenvalue weighted by atomic mass is 10.2. The van der Waals surface area contributed by atoms with Crippen LogP contribution < -0.4 is 4.74 Å². The number of carbonyl (C=O) groups is 1. The Morgan fingerprint density at radius 2 is 2.22 bits per heavy atom. The van der Waals surface area contributed by atoms with Gasteiger partial charge in [0.25, 0.3) is 0 Å². The van der Waals surface area contributed by atoms with Crippen molar-refractivity contribution in [1.29, 1.82) is 0 Å². The average molecular weight is 418 g/mol. The number of nitrogens with zero attached hydrogens (tertiary/aromatic N) is 1. The Morgan fingerprint density at radius 1 is 1.39 bits per heavy atom. The largest absolute Gasteiger partial charge is 0.485 e. The molecule has 2 rings (SSSR count). The number of benzene rings is 1. The van der Waals surface area contributed by atoms with Crippen LogP contribution in [0.4, 0.5) is 0 Å². The lowest BCUT2D eigenvalue weighted by molar-refractivity contribution is 0.112. The van der Waals surface area contributed by atoms with Crippen molar-refractivity contribution in [1.82, 2.24) is 4.98 Å². The van der Waals surface area contributed by atoms with E-state index >= 15 is 0 Å². The van der Waals surface area contributed by atoms with E-state index in [1.807, 2.05) is 18.2 Å². The monoisotopic (exact) mass is 417 g/mol. The Labute approximate surface area is 127 Å². The highest BCUT2D eigenvalue weighted by atomic mass is 127. The van der Waals surface area contributed by atoms with Crippen molar-refractivity contribution in [3.8, 4) is 5.75 Å². The lowest BCUT2D eigenvalue weighted by Gasteiger charge is -2.10. The minimum absolute atomic E-state index is 0.399. The molecule has 0 aliphatic rings. The SMILES string of the molecule is O=Cc1cc(Br)c(OCc2ccccn2)c(I)c1. The molecule has 1 aromatic carbocycles. The third kappa shape index (κ3) is 3.29. The van der Waals surface area contributed by atoms with Crippen molar-refractivity contribution >= 4 is 44.8 Å². The standard InChI is InChI=1S/C13H9BrINO2/c14-11-5-9(7-17)6-12(15)13(11)18-8-10-3-1-2-4-16-10/h1-7H,8H2. The molecular weight excluding hydrogens is 409 g/mol. The maximum absolute atomic E-state index is 10.7. The fourth-order valence-corrected chi connectivity index (χ4v) is 3.18. The molecule has 0 spiro atoms. The van der Waals surface area contributed by atoms with Crippen molar-refractivity contribution in [2.45, 2.75) is 6.61 Å². The summed E-state index contributed by atoms with van der Waals surface area (Å²) < 4.78 is 7.38. The van der Waals surface area contributed by atoms with Gasteiger partial charge in [0, 0.05) is 11.8 Å². The van der Waals surface area contributed by atoms with Gasteiger partial charge in [0.1, 0.15) is 18.6 Å². The van der Waals surface area contributed by atoms with Gasteiger partial charge in [-0.3, -0.25) is 9.78 Å². The predicted molar refractivity (Wildman–Crippen MR) is 80.8 cm³/mol. The highest BCUT2D eigenvalue weighted by molar-refractivity contribution is 14.1. The van der Waals surface area contributed by atoms with E-state index in [0.717, 1.165) is 25.8 Å². The fraction of sp³-hybridized carbons (Fsp3) is 0.0769. The van der Waals surface area contributed by atoms with Crippen LogP contribution in [-0.2, 0) is 6.61 Å². The highest BCUT2D eigenvalue weighted by Crippen LogP contribution is 2.32. The van der Waals surface area contributed by atoms with Crippen LogP contribution in [0.25, 0.3) is 0 Å². The molecule has 0 aliphatic carbocycles. The molecule has 0 atom stereocenters. The van der Waals surface area contributed by atoms with Crippen molar-refractivity contribution in [2.75, 3.05) is 0 Å². The summed E-state index contributed by atoms with van der Waals surface area (Å²) in [5.74, 6) is 0.729. The van der Waals surface area contributed by atoms with Crippen LogP contribution in [0, 0.1) is 3.57 Å². The lowest BCUT2D eigenvalue weighted by Crippen LogP contribution is -2.00. The molecule has 0 saturated heterocycles. The third-order valence-electron chi connectivity index (χ3n) is 2.25. The van der Waals surface area contributed by atoms with Gasteiger partial charge in [-0.2, -0.15) is 0 Å². The van der Waals surface area contributed by atoms with Gasteiger partial charge < -0.3 is 4.74 Å². The normalized spacial score (nSPS) is 10.1. The predicted octanol–water partition coefficient (Wildman–Crippen LogP) is 3.84. The summed E-state index contributed by atoms with van der Waals surface area (Å²) in [5, 5.41) is 0. The fourth-order valence-electron chi connectivity index (χ4n) is 1.42. The zero-order valence-corrected chi connectivity index (χ0v) is 13.0. The molecule has 0 fully saturated rings. The van der Waals surface area contributed by atoms with Crippen molar-refractivity contribution in [2.24, 2.45) is 0 Å². The number of rotatable bonds is 4. The molecule has 0 bridgehead atoms. The first-order chi connectivity index (χ1) is 8.70. The smallest absolute Gasteiger partial charge is 0.150 e. The second-order valence-corrected chi connectivity index (χ2v) is 5.56. The van der Waals surface area contributed by atoms with Gasteiger partial charge in [0.05, 0.1) is 13.7 Å². The first-order valence-electron chi connectivity index (χ1n) is 5.17. The Balaban J connectivity index is 2.17. The van der Waals surface area contributed by atoms with E-state index in [1.54, 1.807) is 18.3 Å². The van der Waals surface area contributed by atoms with Crippen LogP contribution in [0.15, 0.2) is 41.0 Å². The van der Waals surface area contributed by atoms with Gasteiger partial charge in [-0.25, -0.2) is 0 Å². The van der Waals surface area contributed by atoms with Gasteiger partial charge in [0.15, 0.2) is 0 Å². The number of halogens is 2. The molecule has 1 heterocycles. The molecule has 1 aromatic heterocycles. The summed E-state index contributed by atoms with van der Waals surface area (Å²) in [4.78, 5) is 14.9. The van der Waals surface area contributed by atoms with Crippen LogP contribution in [0.2, 0.25) is 0 Å². The molecule has 0 unspecified atom stereocenters. The zero-order chi connectivity index (χ0) is 13.0. The quantitative estimate of drug-likeness (QED) is 0.560. The van der Waals surface area contributed by atoms with Crippen molar-refractivity contribution in [3.63, 3.8) is 0 Å². The summed E-state index contributed by atoms with van der Waals surface area (Å²) in [6.07, 6.45) is 2.55. The second kappa shape index (κ2) is 6.29. The summed E-state index contributed by atoms with van der Waals surface area (Å²) in [5.41, 5.74) is 1.48. The van der Waals surface area contributed by atoms with E-state index < -0.39 is 0 Å². The number of carbonyl (C=O) groups excluding carboxylic acids is 1. The molecule has 0 N–H and O–H groups in total. The van der Waals surface area contributed by atoms with E-state index in [-0.39, 0.29) is 0 Å². The van der Waals surface area contributed by atoms with E-state index in [0.29, 0.717) is 12.2 Å². The van der Waals surface area contributed by atoms with E-state index in [9.17, 15) is 4.79 Å². The van der Waals surface area contributed by atoms with Crippen molar-refractivity contribution < 1.29 is 9.53 Å². The Bertz CT molecular complexity index is 537. The number of aromatic nitrogens is 1. The number of hydrogen-bond donors (Lipinski definition) is 0. The minimum atomic E-state index is 0.399. The number of hydrogen-bond acceptors (Lipinski definition) is 3. The molecule has 0 amide bonds. The van der Waals surface area contributed by atoms with Crippen LogP contribution in [0.5, 0.6) is 5.75 Å². The number of ether oxygens (including phenoxy) is 1. The molecule has 0 aliphatic heterocycles. The van der Waals surface area contributed by atoms with Crippen LogP contribution >= 0.6 is 38.5 Å². The molecule has 5 heteroatoms. The third-order valence-corrected chi connectivity index (χ3v) is 3.64. The summed E-state index contributed by atoms with van der Waals surface area (Å²) in [7, 11) is 0. The average Bonchev–Trinajstić information content (AvgIpc) is 2.38. The molecule has 3 nitrogen and oxygen atoms in total. The molecule has 0 saturated carbocycles. The summed E-state index contributed by atoms with van der Waals surface area (Å²) >= 11 is 5.55. The van der Waals surface area contributed by atoms with Crippen LogP contribution in [0.3, 0.4) is 0 Å². The van der Waals surface area contributed by atoms with Gasteiger partial charge in [-0.15, -0.1) is 0 Å². The maximum atomic E-state index is 10.7. The highest BCUT2D eigenvalue weighted by Gasteiger charge is 2.09. The Morgan fingerprint density at radius 3 is 2.83 bits per heavy atom. The van der Waals surface area contributed by atoms with Crippen LogP contribution in [0.1, 0.15) is 16.1 Å². The first kappa shape index (κ1) is 13.5. The summed E-state index contributed by atoms with van der Waals surface area (Å²) in [6.45, 7) is 0.399. The molecule has 18 heavy (non-hydrogen) atoms. The van der Waals surface area contributed by atoms with Gasteiger partial charge in [-0.1, -0.05) is 6.07 Å². The van der Waals surface area contributed by atoms with Gasteiger partial charge >= 0.3 is 0 Å². The molecule has 92 valence electrons. The molecular formula is C13H9BrINO2. The van der Waals surface area contributed by atoms with E-state index in [1.165, 1.54) is 0 Å². The van der Waals surface area contributed by atoms with Gasteiger partial charge in [-0.05, 0) is 62.8 Å². The minimum Gasteiger partial charge on any atom is -0.485 e. The first-order valence-corrected chi connectivity index (χ1v) is 7.05. The van der Waals surface area contributed by atoms with Crippen LogP contribution in [-0.4, -0.2) is 11.3 Å². The summed E-state index contributed by atoms with van der Waals surface area (Å²) in [6, 6.07) is 9.21. The van der Waals surface area contributed by atoms with Crippen molar-refractivity contribution in [3.05, 3.63) is 55.8 Å². The zero-order valence-electron chi connectivity index (χ0n) is 9.27. The molecule has 2 aromatic rings.